The van der Waals surface area contributed by atoms with E-state index in [1.807, 2.05) is 36.5 Å². The van der Waals surface area contributed by atoms with Crippen molar-refractivity contribution in [2.45, 2.75) is 19.3 Å². The molecule has 0 aliphatic rings. The van der Waals surface area contributed by atoms with Gasteiger partial charge in [0.15, 0.2) is 0 Å². The number of rotatable bonds is 9. The average molecular weight is 980 g/mol. The predicted octanol–water partition coefficient (Wildman–Crippen LogP) is 14.3. The first-order chi connectivity index (χ1) is 29.9. The molecule has 0 spiro atoms. The first-order valence-corrected chi connectivity index (χ1v) is 20.6. The summed E-state index contributed by atoms with van der Waals surface area (Å²) in [4.78, 5) is 10.3. The molecule has 0 bridgehead atoms. The molecule has 10 rings (SSSR count). The van der Waals surface area contributed by atoms with Crippen molar-refractivity contribution >= 4 is 11.0 Å². The van der Waals surface area contributed by atoms with Gasteiger partial charge in [-0.15, -0.1) is 23.8 Å². The fourth-order valence-electron chi connectivity index (χ4n) is 8.44. The van der Waals surface area contributed by atoms with E-state index in [9.17, 15) is 5.11 Å². The van der Waals surface area contributed by atoms with E-state index in [4.69, 9.17) is 9.97 Å². The van der Waals surface area contributed by atoms with Crippen LogP contribution in [0.25, 0.3) is 83.9 Å². The topological polar surface area (TPSA) is 50.9 Å². The van der Waals surface area contributed by atoms with E-state index in [1.54, 1.807) is 6.07 Å². The summed E-state index contributed by atoms with van der Waals surface area (Å²) in [6.07, 6.45) is 1.89. The molecule has 0 aliphatic heterocycles. The largest absolute Gasteiger partial charge is 0.507 e. The van der Waals surface area contributed by atoms with Crippen molar-refractivity contribution in [1.29, 1.82) is 0 Å². The monoisotopic (exact) mass is 979 g/mol. The Morgan fingerprint density at radius 3 is 1.79 bits per heavy atom. The van der Waals surface area contributed by atoms with Gasteiger partial charge in [-0.05, 0) is 63.7 Å². The number of aromatic nitrogens is 3. The fraction of sp³-hybridized carbons (Fsp3) is 0.0526. The van der Waals surface area contributed by atoms with Crippen LogP contribution in [-0.4, -0.2) is 19.6 Å². The molecule has 10 aromatic rings. The number of aromatic hydroxyl groups is 1. The second kappa shape index (κ2) is 17.1. The van der Waals surface area contributed by atoms with Gasteiger partial charge in [-0.3, -0.25) is 9.55 Å². The molecule has 2 heterocycles. The summed E-state index contributed by atoms with van der Waals surface area (Å²) in [7, 11) is 0. The number of hydrogen-bond acceptors (Lipinski definition) is 3. The van der Waals surface area contributed by atoms with Gasteiger partial charge in [-0.25, -0.2) is 4.98 Å². The third-order valence-corrected chi connectivity index (χ3v) is 11.8. The minimum atomic E-state index is -0.126. The summed E-state index contributed by atoms with van der Waals surface area (Å²) < 4.78 is 2.18. The van der Waals surface area contributed by atoms with Gasteiger partial charge >= 0.3 is 0 Å². The van der Waals surface area contributed by atoms with Crippen LogP contribution in [0.4, 0.5) is 0 Å². The number of benzene rings is 8. The molecule has 0 amide bonds. The van der Waals surface area contributed by atoms with E-state index in [0.717, 1.165) is 72.5 Å². The van der Waals surface area contributed by atoms with Crippen LogP contribution in [0.5, 0.6) is 5.75 Å². The standard InChI is InChI=1S/C57H42N3O.Pt/c1-57(2,46-21-10-5-11-22-46)47-31-29-40(30-32-47)42-33-34-58-51(38-42)45-36-43(39-17-6-3-7-18-39)35-44(37-45)49-25-16-27-53-55(49)59-56(50-24-13-15-28-54(50)61)60(53)52-26-14-12-23-48(52)41-19-8-4-9-20-41;/h3-36,38,61H,1-2H3;/q-1;. The Hall–Kier alpha value is -7.13. The van der Waals surface area contributed by atoms with E-state index in [-0.39, 0.29) is 32.2 Å². The molecule has 62 heavy (non-hydrogen) atoms. The van der Waals surface area contributed by atoms with Crippen LogP contribution in [0.15, 0.2) is 212 Å². The van der Waals surface area contributed by atoms with E-state index in [1.165, 1.54) is 11.1 Å². The van der Waals surface area contributed by atoms with Crippen molar-refractivity contribution in [2.24, 2.45) is 0 Å². The first-order valence-electron chi connectivity index (χ1n) is 20.6. The van der Waals surface area contributed by atoms with E-state index < -0.39 is 0 Å². The Labute approximate surface area is 377 Å². The summed E-state index contributed by atoms with van der Waals surface area (Å²) in [6, 6.07) is 74.9. The predicted molar refractivity (Wildman–Crippen MR) is 251 cm³/mol. The molecule has 0 aliphatic carbocycles. The van der Waals surface area contributed by atoms with Gasteiger partial charge in [0.1, 0.15) is 11.6 Å². The van der Waals surface area contributed by atoms with Gasteiger partial charge in [0, 0.05) is 43.9 Å². The molecule has 1 N–H and O–H groups in total. The maximum Gasteiger partial charge on any atom is 0.148 e. The van der Waals surface area contributed by atoms with Gasteiger partial charge < -0.3 is 5.11 Å². The number of phenolic OH excluding ortho intramolecular Hbond substituents is 1. The third kappa shape index (κ3) is 7.59. The zero-order valence-electron chi connectivity index (χ0n) is 34.3. The summed E-state index contributed by atoms with van der Waals surface area (Å²) in [5.74, 6) is 0.814. The van der Waals surface area contributed by atoms with Crippen LogP contribution in [0, 0.1) is 6.07 Å². The second-order valence-electron chi connectivity index (χ2n) is 15.9. The Morgan fingerprint density at radius 1 is 0.484 bits per heavy atom. The van der Waals surface area contributed by atoms with Crippen LogP contribution >= 0.6 is 0 Å². The normalized spacial score (nSPS) is 11.3. The summed E-state index contributed by atoms with van der Waals surface area (Å²) >= 11 is 0. The quantitative estimate of drug-likeness (QED) is 0.147. The summed E-state index contributed by atoms with van der Waals surface area (Å²) in [5, 5.41) is 11.3. The number of phenols is 1. The van der Waals surface area contributed by atoms with E-state index in [2.05, 4.69) is 194 Å². The van der Waals surface area contributed by atoms with E-state index >= 15 is 0 Å². The van der Waals surface area contributed by atoms with Crippen LogP contribution in [0.1, 0.15) is 25.0 Å². The third-order valence-electron chi connectivity index (χ3n) is 11.8. The van der Waals surface area contributed by atoms with Crippen LogP contribution in [0.2, 0.25) is 0 Å². The molecular formula is C57H42N3OPt-. The molecule has 0 saturated carbocycles. The SMILES string of the molecule is CC(C)(c1ccccc1)c1ccc(-c2ccnc(-c3[c-]c(-c4cccc5c4nc(-c4ccccc4O)n5-c4ccccc4-c4ccccc4)cc(-c4ccccc4)c3)c2)cc1.[Pt]. The summed E-state index contributed by atoms with van der Waals surface area (Å²) in [5.41, 5.74) is 15.8. The Kier molecular flexibility index (Phi) is 11.1. The van der Waals surface area contributed by atoms with Crippen LogP contribution in [-0.2, 0) is 26.5 Å². The Bertz CT molecular complexity index is 3160. The maximum atomic E-state index is 11.3. The van der Waals surface area contributed by atoms with Gasteiger partial charge in [0.25, 0.3) is 0 Å². The molecule has 302 valence electrons. The first kappa shape index (κ1) is 40.3. The Balaban J connectivity index is 0.00000490. The van der Waals surface area contributed by atoms with Gasteiger partial charge in [0.05, 0.1) is 22.3 Å². The zero-order chi connectivity index (χ0) is 41.3. The molecular weight excluding hydrogens is 938 g/mol. The molecule has 0 fully saturated rings. The van der Waals surface area contributed by atoms with Crippen LogP contribution in [0.3, 0.4) is 0 Å². The molecule has 0 atom stereocenters. The summed E-state index contributed by atoms with van der Waals surface area (Å²) in [6.45, 7) is 4.55. The molecule has 0 radical (unpaired) electrons. The zero-order valence-corrected chi connectivity index (χ0v) is 36.6. The van der Waals surface area contributed by atoms with Crippen LogP contribution < -0.4 is 0 Å². The number of pyridine rings is 1. The minimum Gasteiger partial charge on any atom is -0.507 e. The van der Waals surface area contributed by atoms with E-state index in [0.29, 0.717) is 11.4 Å². The fourth-order valence-corrected chi connectivity index (χ4v) is 8.44. The van der Waals surface area contributed by atoms with Crippen molar-refractivity contribution in [2.75, 3.05) is 0 Å². The van der Waals surface area contributed by atoms with Gasteiger partial charge in [-0.2, -0.15) is 0 Å². The molecule has 2 aromatic heterocycles. The average Bonchev–Trinajstić information content (AvgIpc) is 3.72. The minimum absolute atomic E-state index is 0. The number of nitrogens with zero attached hydrogens (tertiary/aromatic N) is 3. The molecule has 4 nitrogen and oxygen atoms in total. The number of para-hydroxylation sites is 3. The Morgan fingerprint density at radius 2 is 1.06 bits per heavy atom. The number of fused-ring (bicyclic) bond motifs is 1. The second-order valence-corrected chi connectivity index (χ2v) is 15.9. The maximum absolute atomic E-state index is 11.3. The van der Waals surface area contributed by atoms with Gasteiger partial charge in [-0.1, -0.05) is 194 Å². The van der Waals surface area contributed by atoms with Crippen molar-refractivity contribution in [3.8, 4) is 78.6 Å². The van der Waals surface area contributed by atoms with Crippen molar-refractivity contribution in [1.82, 2.24) is 14.5 Å². The molecule has 0 saturated heterocycles. The van der Waals surface area contributed by atoms with Crippen molar-refractivity contribution in [3.63, 3.8) is 0 Å². The number of imidazole rings is 1. The van der Waals surface area contributed by atoms with Gasteiger partial charge in [0.2, 0.25) is 0 Å². The van der Waals surface area contributed by atoms with Crippen molar-refractivity contribution < 1.29 is 26.2 Å². The number of hydrogen-bond donors (Lipinski definition) is 1. The molecule has 5 heteroatoms. The van der Waals surface area contributed by atoms with Crippen molar-refractivity contribution in [3.05, 3.63) is 230 Å². The molecule has 0 unspecified atom stereocenters. The molecule has 8 aromatic carbocycles. The smallest absolute Gasteiger partial charge is 0.148 e.